The highest BCUT2D eigenvalue weighted by Gasteiger charge is 2.47. The predicted molar refractivity (Wildman–Crippen MR) is 67.5 cm³/mol. The number of amides is 2. The molecule has 0 aliphatic heterocycles. The Morgan fingerprint density at radius 3 is 2.65 bits per heavy atom. The van der Waals surface area contributed by atoms with Crippen LogP contribution in [-0.2, 0) is 9.59 Å². The van der Waals surface area contributed by atoms with E-state index >= 15 is 0 Å². The average molecular weight is 260 g/mol. The maximum absolute atomic E-state index is 11.6. The molecule has 0 radical (unpaired) electrons. The van der Waals surface area contributed by atoms with Crippen LogP contribution in [0.15, 0.2) is 0 Å². The van der Waals surface area contributed by atoms with Crippen LogP contribution in [0.3, 0.4) is 0 Å². The van der Waals surface area contributed by atoms with Crippen LogP contribution >= 0.6 is 11.8 Å². The topological polar surface area (TPSA) is 92.4 Å². The van der Waals surface area contributed by atoms with Gasteiger partial charge >= 0.3 is 0 Å². The standard InChI is InChI=1S/C11H20N2O3S/c1-11(2)7(5-8(11)14)13-10(16)3-4-17-6-9(12)15/h7-8,14H,3-6H2,1-2H3,(H2,12,15)(H,13,16). The smallest absolute Gasteiger partial charge is 0.227 e. The van der Waals surface area contributed by atoms with Crippen molar-refractivity contribution in [3.8, 4) is 0 Å². The van der Waals surface area contributed by atoms with Gasteiger partial charge in [-0.2, -0.15) is 11.8 Å². The summed E-state index contributed by atoms with van der Waals surface area (Å²) in [7, 11) is 0. The Balaban J connectivity index is 2.16. The third-order valence-electron chi connectivity index (χ3n) is 3.27. The zero-order chi connectivity index (χ0) is 13.1. The second-order valence-electron chi connectivity index (χ2n) is 4.96. The lowest BCUT2D eigenvalue weighted by Crippen LogP contribution is -2.61. The molecule has 1 fully saturated rings. The highest BCUT2D eigenvalue weighted by atomic mass is 32.2. The molecule has 0 bridgehead atoms. The molecule has 98 valence electrons. The van der Waals surface area contributed by atoms with Crippen LogP contribution in [-0.4, -0.2) is 40.6 Å². The lowest BCUT2D eigenvalue weighted by atomic mass is 9.64. The van der Waals surface area contributed by atoms with E-state index in [1.807, 2.05) is 13.8 Å². The molecule has 1 aliphatic carbocycles. The second kappa shape index (κ2) is 5.73. The summed E-state index contributed by atoms with van der Waals surface area (Å²) in [4.78, 5) is 22.0. The van der Waals surface area contributed by atoms with E-state index in [0.717, 1.165) is 0 Å². The van der Waals surface area contributed by atoms with Gasteiger partial charge in [0.05, 0.1) is 11.9 Å². The molecule has 1 aliphatic rings. The number of carbonyl (C=O) groups is 2. The maximum atomic E-state index is 11.6. The van der Waals surface area contributed by atoms with Crippen LogP contribution in [0.1, 0.15) is 26.7 Å². The summed E-state index contributed by atoms with van der Waals surface area (Å²) in [5, 5.41) is 12.4. The van der Waals surface area contributed by atoms with Crippen molar-refractivity contribution in [2.75, 3.05) is 11.5 Å². The number of nitrogens with two attached hydrogens (primary N) is 1. The van der Waals surface area contributed by atoms with Gasteiger partial charge in [-0.05, 0) is 6.42 Å². The zero-order valence-electron chi connectivity index (χ0n) is 10.2. The van der Waals surface area contributed by atoms with Gasteiger partial charge in [-0.15, -0.1) is 0 Å². The van der Waals surface area contributed by atoms with Crippen LogP contribution in [0.25, 0.3) is 0 Å². The van der Waals surface area contributed by atoms with Gasteiger partial charge in [-0.25, -0.2) is 0 Å². The van der Waals surface area contributed by atoms with E-state index in [0.29, 0.717) is 18.6 Å². The maximum Gasteiger partial charge on any atom is 0.227 e. The molecule has 6 heteroatoms. The largest absolute Gasteiger partial charge is 0.392 e. The van der Waals surface area contributed by atoms with Gasteiger partial charge in [0.25, 0.3) is 0 Å². The fraction of sp³-hybridized carbons (Fsp3) is 0.818. The van der Waals surface area contributed by atoms with E-state index in [1.54, 1.807) is 0 Å². The molecule has 2 amide bonds. The van der Waals surface area contributed by atoms with Gasteiger partial charge in [-0.3, -0.25) is 9.59 Å². The summed E-state index contributed by atoms with van der Waals surface area (Å²) in [6, 6.07) is 0.0474. The van der Waals surface area contributed by atoms with Gasteiger partial charge < -0.3 is 16.2 Å². The van der Waals surface area contributed by atoms with E-state index in [2.05, 4.69) is 5.32 Å². The van der Waals surface area contributed by atoms with Crippen LogP contribution in [0, 0.1) is 5.41 Å². The third kappa shape index (κ3) is 3.89. The van der Waals surface area contributed by atoms with Crippen molar-refractivity contribution in [2.24, 2.45) is 11.1 Å². The minimum absolute atomic E-state index is 0.0352. The van der Waals surface area contributed by atoms with E-state index in [9.17, 15) is 14.7 Å². The number of primary amides is 1. The normalized spacial score (nSPS) is 26.1. The molecule has 2 atom stereocenters. The Labute approximate surface area is 106 Å². The number of aliphatic hydroxyl groups excluding tert-OH is 1. The fourth-order valence-corrected chi connectivity index (χ4v) is 2.43. The second-order valence-corrected chi connectivity index (χ2v) is 6.07. The molecule has 0 aromatic carbocycles. The van der Waals surface area contributed by atoms with Crippen LogP contribution < -0.4 is 11.1 Å². The van der Waals surface area contributed by atoms with Crippen LogP contribution in [0.4, 0.5) is 0 Å². The summed E-state index contributed by atoms with van der Waals surface area (Å²) >= 11 is 1.36. The first kappa shape index (κ1) is 14.3. The van der Waals surface area contributed by atoms with Crippen LogP contribution in [0.2, 0.25) is 0 Å². The van der Waals surface area contributed by atoms with E-state index in [1.165, 1.54) is 11.8 Å². The monoisotopic (exact) mass is 260 g/mol. The molecule has 0 saturated heterocycles. The number of hydrogen-bond donors (Lipinski definition) is 3. The van der Waals surface area contributed by atoms with Gasteiger partial charge in [0, 0.05) is 23.6 Å². The SMILES string of the molecule is CC1(C)C(O)CC1NC(=O)CCSCC(N)=O. The Kier molecular flexibility index (Phi) is 4.82. The Bertz CT molecular complexity index is 307. The number of rotatable bonds is 6. The molecule has 1 saturated carbocycles. The summed E-state index contributed by atoms with van der Waals surface area (Å²) in [5.41, 5.74) is 4.74. The van der Waals surface area contributed by atoms with E-state index < -0.39 is 0 Å². The zero-order valence-corrected chi connectivity index (χ0v) is 11.0. The Morgan fingerprint density at radius 2 is 2.18 bits per heavy atom. The number of aliphatic hydroxyl groups is 1. The molecule has 0 aromatic rings. The molecule has 5 nitrogen and oxygen atoms in total. The molecule has 1 rings (SSSR count). The molecular formula is C11H20N2O3S. The van der Waals surface area contributed by atoms with Gasteiger partial charge in [0.1, 0.15) is 0 Å². The number of carbonyl (C=O) groups excluding carboxylic acids is 2. The van der Waals surface area contributed by atoms with Crippen molar-refractivity contribution >= 4 is 23.6 Å². The molecule has 17 heavy (non-hydrogen) atoms. The van der Waals surface area contributed by atoms with E-state index in [-0.39, 0.29) is 35.1 Å². The predicted octanol–water partition coefficient (Wildman–Crippen LogP) is -0.129. The number of nitrogens with one attached hydrogen (secondary N) is 1. The molecule has 0 spiro atoms. The fourth-order valence-electron chi connectivity index (χ4n) is 1.75. The summed E-state index contributed by atoms with van der Waals surface area (Å²) in [6.45, 7) is 3.88. The van der Waals surface area contributed by atoms with Crippen molar-refractivity contribution in [2.45, 2.75) is 38.8 Å². The molecule has 0 aromatic heterocycles. The molecule has 2 unspecified atom stereocenters. The van der Waals surface area contributed by atoms with Crippen LogP contribution in [0.5, 0.6) is 0 Å². The Morgan fingerprint density at radius 1 is 1.53 bits per heavy atom. The molecule has 0 heterocycles. The first-order valence-electron chi connectivity index (χ1n) is 5.67. The van der Waals surface area contributed by atoms with Gasteiger partial charge in [0.15, 0.2) is 0 Å². The molecular weight excluding hydrogens is 240 g/mol. The lowest BCUT2D eigenvalue weighted by molar-refractivity contribution is -0.128. The average Bonchev–Trinajstić information content (AvgIpc) is 2.24. The first-order valence-corrected chi connectivity index (χ1v) is 6.83. The Hall–Kier alpha value is -0.750. The summed E-state index contributed by atoms with van der Waals surface area (Å²) in [6.07, 6.45) is 0.658. The number of thioether (sulfide) groups is 1. The van der Waals surface area contributed by atoms with Crippen molar-refractivity contribution in [3.05, 3.63) is 0 Å². The summed E-state index contributed by atoms with van der Waals surface area (Å²) < 4.78 is 0. The van der Waals surface area contributed by atoms with Gasteiger partial charge in [-0.1, -0.05) is 13.8 Å². The summed E-state index contributed by atoms with van der Waals surface area (Å²) in [5.74, 6) is 0.441. The minimum atomic E-state index is -0.362. The lowest BCUT2D eigenvalue weighted by Gasteiger charge is -2.49. The highest BCUT2D eigenvalue weighted by molar-refractivity contribution is 7.99. The quantitative estimate of drug-likeness (QED) is 0.580. The highest BCUT2D eigenvalue weighted by Crippen LogP contribution is 2.40. The first-order chi connectivity index (χ1) is 7.84. The van der Waals surface area contributed by atoms with Crippen molar-refractivity contribution in [3.63, 3.8) is 0 Å². The van der Waals surface area contributed by atoms with E-state index in [4.69, 9.17) is 5.73 Å². The van der Waals surface area contributed by atoms with Crippen molar-refractivity contribution < 1.29 is 14.7 Å². The molecule has 4 N–H and O–H groups in total. The van der Waals surface area contributed by atoms with Crippen molar-refractivity contribution in [1.82, 2.24) is 5.32 Å². The number of hydrogen-bond acceptors (Lipinski definition) is 4. The minimum Gasteiger partial charge on any atom is -0.392 e. The third-order valence-corrected chi connectivity index (χ3v) is 4.25. The van der Waals surface area contributed by atoms with Crippen molar-refractivity contribution in [1.29, 1.82) is 0 Å². The van der Waals surface area contributed by atoms with Gasteiger partial charge in [0.2, 0.25) is 11.8 Å².